The molecule has 0 radical (unpaired) electrons. The van der Waals surface area contributed by atoms with Crippen molar-refractivity contribution in [1.82, 2.24) is 30.3 Å². The predicted octanol–water partition coefficient (Wildman–Crippen LogP) is 4.71. The van der Waals surface area contributed by atoms with Crippen LogP contribution >= 0.6 is 0 Å². The highest BCUT2D eigenvalue weighted by molar-refractivity contribution is 5.82. The standard InChI is InChI=1S/C29H27F3N6O3/c1-17-36-28(41-37-17)25-12-24(25)27(39)35-13-19-5-6-22(18-3-2-4-21(11-18)40-29(30,31)32)23-7-10-38(16-26(19)23)15-20-14-33-8-9-34-20/h2-6,8-9,11,14,24-25H,7,10,12-13,15-16H2,1H3,(H,35,39)/t24?,25-/m0/s1. The van der Waals surface area contributed by atoms with Crippen LogP contribution in [0.5, 0.6) is 5.75 Å². The number of aromatic nitrogens is 4. The van der Waals surface area contributed by atoms with Crippen LogP contribution in [0.15, 0.2) is 59.5 Å². The largest absolute Gasteiger partial charge is 0.573 e. The number of hydrogen-bond acceptors (Lipinski definition) is 8. The van der Waals surface area contributed by atoms with Crippen molar-refractivity contribution in [3.05, 3.63) is 89.1 Å². The predicted molar refractivity (Wildman–Crippen MR) is 140 cm³/mol. The van der Waals surface area contributed by atoms with Gasteiger partial charge in [-0.15, -0.1) is 13.2 Å². The number of carbonyl (C=O) groups excluding carboxylic acids is 1. The second-order valence-corrected chi connectivity index (χ2v) is 10.3. The molecule has 0 spiro atoms. The lowest BCUT2D eigenvalue weighted by molar-refractivity contribution is -0.274. The number of hydrogen-bond donors (Lipinski definition) is 1. The van der Waals surface area contributed by atoms with Gasteiger partial charge in [0.1, 0.15) is 5.75 Å². The maximum Gasteiger partial charge on any atom is 0.573 e. The summed E-state index contributed by atoms with van der Waals surface area (Å²) in [5.74, 6) is 0.402. The first-order chi connectivity index (χ1) is 19.7. The van der Waals surface area contributed by atoms with Gasteiger partial charge in [0.05, 0.1) is 17.5 Å². The summed E-state index contributed by atoms with van der Waals surface area (Å²) < 4.78 is 48.0. The Morgan fingerprint density at radius 3 is 2.83 bits per heavy atom. The highest BCUT2D eigenvalue weighted by Gasteiger charge is 2.47. The number of aryl methyl sites for hydroxylation is 1. The fourth-order valence-electron chi connectivity index (χ4n) is 5.40. The molecule has 9 nitrogen and oxygen atoms in total. The van der Waals surface area contributed by atoms with Crippen LogP contribution in [0.2, 0.25) is 0 Å². The van der Waals surface area contributed by atoms with E-state index in [9.17, 15) is 18.0 Å². The van der Waals surface area contributed by atoms with E-state index in [-0.39, 0.29) is 23.5 Å². The first kappa shape index (κ1) is 26.9. The van der Waals surface area contributed by atoms with Gasteiger partial charge in [0.25, 0.3) is 0 Å². The normalized spacial score (nSPS) is 18.5. The molecule has 2 aromatic carbocycles. The summed E-state index contributed by atoms with van der Waals surface area (Å²) in [6, 6.07) is 9.87. The van der Waals surface area contributed by atoms with E-state index in [4.69, 9.17) is 4.52 Å². The third-order valence-corrected chi connectivity index (χ3v) is 7.41. The Bertz CT molecular complexity index is 1560. The zero-order chi connectivity index (χ0) is 28.6. The fraction of sp³-hybridized carbons (Fsp3) is 0.345. The van der Waals surface area contributed by atoms with Crippen molar-refractivity contribution < 1.29 is 27.2 Å². The van der Waals surface area contributed by atoms with Gasteiger partial charge in [-0.25, -0.2) is 0 Å². The molecule has 2 aliphatic rings. The summed E-state index contributed by atoms with van der Waals surface area (Å²) in [6.45, 7) is 4.00. The van der Waals surface area contributed by atoms with Crippen molar-refractivity contribution in [3.63, 3.8) is 0 Å². The summed E-state index contributed by atoms with van der Waals surface area (Å²) in [4.78, 5) is 28.0. The molecule has 12 heteroatoms. The van der Waals surface area contributed by atoms with Gasteiger partial charge < -0.3 is 14.6 Å². The van der Waals surface area contributed by atoms with Crippen LogP contribution in [0.1, 0.15) is 46.4 Å². The van der Waals surface area contributed by atoms with Gasteiger partial charge in [-0.1, -0.05) is 29.4 Å². The number of fused-ring (bicyclic) bond motifs is 1. The van der Waals surface area contributed by atoms with Crippen LogP contribution in [-0.4, -0.2) is 43.8 Å². The van der Waals surface area contributed by atoms with Crippen LogP contribution in [0.4, 0.5) is 13.2 Å². The highest BCUT2D eigenvalue weighted by atomic mass is 19.4. The van der Waals surface area contributed by atoms with Gasteiger partial charge >= 0.3 is 6.36 Å². The molecule has 1 amide bonds. The average Bonchev–Trinajstić information content (AvgIpc) is 3.64. The molecule has 3 heterocycles. The molecular formula is C29H27F3N6O3. The van der Waals surface area contributed by atoms with E-state index >= 15 is 0 Å². The molecule has 212 valence electrons. The summed E-state index contributed by atoms with van der Waals surface area (Å²) in [7, 11) is 0. The molecule has 6 rings (SSSR count). The Labute approximate surface area is 233 Å². The third kappa shape index (κ3) is 6.22. The molecule has 4 aromatic rings. The number of amides is 1. The van der Waals surface area contributed by atoms with Crippen LogP contribution in [-0.2, 0) is 30.8 Å². The van der Waals surface area contributed by atoms with Gasteiger partial charge in [0.15, 0.2) is 5.82 Å². The molecule has 0 saturated heterocycles. The van der Waals surface area contributed by atoms with E-state index in [0.29, 0.717) is 49.8 Å². The van der Waals surface area contributed by atoms with Crippen molar-refractivity contribution in [2.24, 2.45) is 5.92 Å². The Morgan fingerprint density at radius 2 is 2.07 bits per heavy atom. The summed E-state index contributed by atoms with van der Waals surface area (Å²) in [5, 5.41) is 6.87. The monoisotopic (exact) mass is 564 g/mol. The average molecular weight is 565 g/mol. The Morgan fingerprint density at radius 1 is 1.20 bits per heavy atom. The number of ether oxygens (including phenoxy) is 1. The second kappa shape index (κ2) is 10.9. The molecule has 2 atom stereocenters. The van der Waals surface area contributed by atoms with Crippen molar-refractivity contribution in [3.8, 4) is 16.9 Å². The van der Waals surface area contributed by atoms with Crippen molar-refractivity contribution in [1.29, 1.82) is 0 Å². The summed E-state index contributed by atoms with van der Waals surface area (Å²) >= 11 is 0. The molecular weight excluding hydrogens is 537 g/mol. The zero-order valence-corrected chi connectivity index (χ0v) is 22.2. The minimum absolute atomic E-state index is 0.0684. The quantitative estimate of drug-likeness (QED) is 0.328. The second-order valence-electron chi connectivity index (χ2n) is 10.3. The number of nitrogens with one attached hydrogen (secondary N) is 1. The smallest absolute Gasteiger partial charge is 0.406 e. The first-order valence-electron chi connectivity index (χ1n) is 13.3. The molecule has 1 fully saturated rings. The molecule has 0 bridgehead atoms. The number of rotatable bonds is 8. The Kier molecular flexibility index (Phi) is 7.16. The maximum atomic E-state index is 13.0. The number of benzene rings is 2. The fourth-order valence-corrected chi connectivity index (χ4v) is 5.40. The zero-order valence-electron chi connectivity index (χ0n) is 22.2. The van der Waals surface area contributed by atoms with Crippen molar-refractivity contribution >= 4 is 5.91 Å². The highest BCUT2D eigenvalue weighted by Crippen LogP contribution is 2.47. The molecule has 1 unspecified atom stereocenters. The SMILES string of the molecule is Cc1noc([C@H]2CC2C(=O)NCc2ccc(-c3cccc(OC(F)(F)F)c3)c3c2CN(Cc2cnccn2)CC3)n1. The summed E-state index contributed by atoms with van der Waals surface area (Å²) in [6.07, 6.45) is 1.58. The van der Waals surface area contributed by atoms with Gasteiger partial charge in [-0.05, 0) is 59.7 Å². The summed E-state index contributed by atoms with van der Waals surface area (Å²) in [5.41, 5.74) is 5.36. The van der Waals surface area contributed by atoms with Gasteiger partial charge in [0.2, 0.25) is 11.8 Å². The lowest BCUT2D eigenvalue weighted by atomic mass is 9.87. The molecule has 41 heavy (non-hydrogen) atoms. The third-order valence-electron chi connectivity index (χ3n) is 7.41. The first-order valence-corrected chi connectivity index (χ1v) is 13.3. The van der Waals surface area contributed by atoms with E-state index in [2.05, 4.69) is 35.1 Å². The topological polar surface area (TPSA) is 106 Å². The molecule has 1 N–H and O–H groups in total. The van der Waals surface area contributed by atoms with Crippen molar-refractivity contribution in [2.45, 2.75) is 51.7 Å². The Balaban J connectivity index is 1.25. The molecule has 1 aliphatic carbocycles. The Hall–Kier alpha value is -4.32. The van der Waals surface area contributed by atoms with Crippen LogP contribution < -0.4 is 10.1 Å². The molecule has 1 aliphatic heterocycles. The minimum atomic E-state index is -4.77. The van der Waals surface area contributed by atoms with Gasteiger partial charge in [0, 0.05) is 44.8 Å². The lowest BCUT2D eigenvalue weighted by Crippen LogP contribution is -2.33. The number of alkyl halides is 3. The maximum absolute atomic E-state index is 13.0. The van der Waals surface area contributed by atoms with Gasteiger partial charge in [-0.3, -0.25) is 19.7 Å². The van der Waals surface area contributed by atoms with Crippen LogP contribution in [0.3, 0.4) is 0 Å². The van der Waals surface area contributed by atoms with E-state index in [1.807, 2.05) is 12.1 Å². The van der Waals surface area contributed by atoms with Crippen LogP contribution in [0.25, 0.3) is 11.1 Å². The van der Waals surface area contributed by atoms with Gasteiger partial charge in [-0.2, -0.15) is 4.98 Å². The van der Waals surface area contributed by atoms with E-state index < -0.39 is 6.36 Å². The lowest BCUT2D eigenvalue weighted by Gasteiger charge is -2.32. The van der Waals surface area contributed by atoms with E-state index in [1.54, 1.807) is 37.6 Å². The van der Waals surface area contributed by atoms with E-state index in [1.165, 1.54) is 12.1 Å². The molecule has 1 saturated carbocycles. The number of halogens is 3. The van der Waals surface area contributed by atoms with Crippen molar-refractivity contribution in [2.75, 3.05) is 6.54 Å². The van der Waals surface area contributed by atoms with E-state index in [0.717, 1.165) is 34.5 Å². The number of nitrogens with zero attached hydrogens (tertiary/aromatic N) is 5. The molecule has 2 aromatic heterocycles. The minimum Gasteiger partial charge on any atom is -0.406 e. The number of carbonyl (C=O) groups is 1. The van der Waals surface area contributed by atoms with Crippen LogP contribution in [0, 0.1) is 12.8 Å².